The first kappa shape index (κ1) is 18.5. The van der Waals surface area contributed by atoms with Gasteiger partial charge in [0.25, 0.3) is 0 Å². The highest BCUT2D eigenvalue weighted by atomic mass is 16.6. The molecule has 0 bridgehead atoms. The summed E-state index contributed by atoms with van der Waals surface area (Å²) in [7, 11) is 1.71. The van der Waals surface area contributed by atoms with Gasteiger partial charge in [-0.2, -0.15) is 0 Å². The minimum atomic E-state index is -0.581. The van der Waals surface area contributed by atoms with Crippen LogP contribution in [0.5, 0.6) is 11.5 Å². The number of fused-ring (bicyclic) bond motifs is 1. The van der Waals surface area contributed by atoms with E-state index in [4.69, 9.17) is 9.47 Å². The average Bonchev–Trinajstić information content (AvgIpc) is 3.10. The Bertz CT molecular complexity index is 680. The Balaban J connectivity index is 1.83. The van der Waals surface area contributed by atoms with Gasteiger partial charge in [-0.3, -0.25) is 9.59 Å². The smallest absolute Gasteiger partial charge is 0.239 e. The van der Waals surface area contributed by atoms with Gasteiger partial charge in [-0.25, -0.2) is 0 Å². The lowest BCUT2D eigenvalue weighted by atomic mass is 9.77. The molecule has 0 aromatic heterocycles. The van der Waals surface area contributed by atoms with E-state index in [2.05, 4.69) is 5.32 Å². The van der Waals surface area contributed by atoms with E-state index < -0.39 is 5.41 Å². The van der Waals surface area contributed by atoms with Crippen LogP contribution in [0.25, 0.3) is 0 Å². The fraction of sp³-hybridized carbons (Fsp3) is 0.600. The molecule has 26 heavy (non-hydrogen) atoms. The third kappa shape index (κ3) is 3.64. The van der Waals surface area contributed by atoms with E-state index >= 15 is 0 Å². The number of hydrogen-bond donors (Lipinski definition) is 1. The van der Waals surface area contributed by atoms with Crippen LogP contribution in [-0.2, 0) is 15.0 Å². The van der Waals surface area contributed by atoms with Gasteiger partial charge >= 0.3 is 0 Å². The number of amides is 2. The zero-order valence-corrected chi connectivity index (χ0v) is 15.8. The molecule has 0 saturated heterocycles. The monoisotopic (exact) mass is 360 g/mol. The Morgan fingerprint density at radius 3 is 2.46 bits per heavy atom. The third-order valence-corrected chi connectivity index (χ3v) is 5.14. The molecule has 0 unspecified atom stereocenters. The molecule has 1 aliphatic heterocycles. The first-order valence-corrected chi connectivity index (χ1v) is 9.37. The van der Waals surface area contributed by atoms with Crippen LogP contribution in [0.2, 0.25) is 0 Å². The molecule has 3 rings (SSSR count). The van der Waals surface area contributed by atoms with Crippen LogP contribution in [0.4, 0.5) is 0 Å². The number of benzene rings is 1. The first-order valence-electron chi connectivity index (χ1n) is 9.37. The maximum absolute atomic E-state index is 13.3. The van der Waals surface area contributed by atoms with Crippen LogP contribution in [0.3, 0.4) is 0 Å². The molecule has 142 valence electrons. The van der Waals surface area contributed by atoms with Crippen molar-refractivity contribution in [2.24, 2.45) is 0 Å². The zero-order chi connectivity index (χ0) is 18.7. The van der Waals surface area contributed by atoms with Crippen molar-refractivity contribution < 1.29 is 19.1 Å². The number of ether oxygens (including phenoxy) is 2. The Morgan fingerprint density at radius 1 is 1.15 bits per heavy atom. The van der Waals surface area contributed by atoms with Crippen molar-refractivity contribution in [1.82, 2.24) is 10.2 Å². The van der Waals surface area contributed by atoms with Crippen LogP contribution >= 0.6 is 0 Å². The minimum Gasteiger partial charge on any atom is -0.486 e. The van der Waals surface area contributed by atoms with E-state index in [1.54, 1.807) is 11.9 Å². The second-order valence-corrected chi connectivity index (χ2v) is 7.53. The number of hydrogen-bond acceptors (Lipinski definition) is 4. The van der Waals surface area contributed by atoms with Gasteiger partial charge in [0.15, 0.2) is 11.5 Å². The molecule has 0 atom stereocenters. The molecule has 1 aromatic carbocycles. The molecule has 1 saturated carbocycles. The van der Waals surface area contributed by atoms with E-state index in [1.807, 2.05) is 32.0 Å². The molecule has 1 fully saturated rings. The molecule has 1 aliphatic carbocycles. The van der Waals surface area contributed by atoms with Crippen LogP contribution in [0, 0.1) is 0 Å². The maximum Gasteiger partial charge on any atom is 0.239 e. The van der Waals surface area contributed by atoms with E-state index in [9.17, 15) is 9.59 Å². The number of nitrogens with zero attached hydrogens (tertiary/aromatic N) is 1. The van der Waals surface area contributed by atoms with Gasteiger partial charge in [-0.05, 0) is 44.4 Å². The van der Waals surface area contributed by atoms with Crippen molar-refractivity contribution in [3.8, 4) is 11.5 Å². The van der Waals surface area contributed by atoms with Gasteiger partial charge in [0.05, 0.1) is 12.0 Å². The maximum atomic E-state index is 13.3. The molecule has 0 spiro atoms. The highest BCUT2D eigenvalue weighted by Gasteiger charge is 2.45. The summed E-state index contributed by atoms with van der Waals surface area (Å²) in [5.41, 5.74) is 0.378. The molecule has 2 amide bonds. The summed E-state index contributed by atoms with van der Waals surface area (Å²) in [4.78, 5) is 27.0. The van der Waals surface area contributed by atoms with Gasteiger partial charge in [0.2, 0.25) is 11.8 Å². The molecule has 6 nitrogen and oxygen atoms in total. The lowest BCUT2D eigenvalue weighted by molar-refractivity contribution is -0.139. The fourth-order valence-electron chi connectivity index (χ4n) is 3.97. The van der Waals surface area contributed by atoms with Crippen LogP contribution in [0.15, 0.2) is 18.2 Å². The third-order valence-electron chi connectivity index (χ3n) is 5.14. The predicted molar refractivity (Wildman–Crippen MR) is 98.5 cm³/mol. The van der Waals surface area contributed by atoms with E-state index in [1.165, 1.54) is 0 Å². The molecule has 2 aliphatic rings. The molecule has 1 N–H and O–H groups in total. The molecule has 1 aromatic rings. The Hall–Kier alpha value is -2.24. The molecule has 0 radical (unpaired) electrons. The van der Waals surface area contributed by atoms with Crippen molar-refractivity contribution in [2.75, 3.05) is 26.8 Å². The lowest BCUT2D eigenvalue weighted by Crippen LogP contribution is -2.48. The molecule has 1 heterocycles. The van der Waals surface area contributed by atoms with Gasteiger partial charge in [-0.1, -0.05) is 18.9 Å². The fourth-order valence-corrected chi connectivity index (χ4v) is 3.97. The summed E-state index contributed by atoms with van der Waals surface area (Å²) in [6, 6.07) is 5.87. The molecular formula is C20H28N2O4. The van der Waals surface area contributed by atoms with Crippen molar-refractivity contribution in [3.63, 3.8) is 0 Å². The summed E-state index contributed by atoms with van der Waals surface area (Å²) in [5.74, 6) is 1.30. The number of carbonyl (C=O) groups is 2. The van der Waals surface area contributed by atoms with Crippen LogP contribution < -0.4 is 14.8 Å². The minimum absolute atomic E-state index is 0.00517. The van der Waals surface area contributed by atoms with Crippen molar-refractivity contribution in [1.29, 1.82) is 0 Å². The highest BCUT2D eigenvalue weighted by Crippen LogP contribution is 2.45. The Labute approximate surface area is 154 Å². The van der Waals surface area contributed by atoms with E-state index in [-0.39, 0.29) is 24.4 Å². The first-order chi connectivity index (χ1) is 12.4. The average molecular weight is 360 g/mol. The number of likely N-dealkylation sites (N-methyl/N-ethyl adjacent to an activating group) is 1. The predicted octanol–water partition coefficient (Wildman–Crippen LogP) is 2.25. The second kappa shape index (κ2) is 7.56. The van der Waals surface area contributed by atoms with E-state index in [0.717, 1.165) is 37.0 Å². The Kier molecular flexibility index (Phi) is 5.39. The summed E-state index contributed by atoms with van der Waals surface area (Å²) >= 11 is 0. The van der Waals surface area contributed by atoms with Crippen molar-refractivity contribution in [3.05, 3.63) is 23.8 Å². The second-order valence-electron chi connectivity index (χ2n) is 7.53. The largest absolute Gasteiger partial charge is 0.486 e. The summed E-state index contributed by atoms with van der Waals surface area (Å²) in [5, 5.41) is 2.84. The number of rotatable bonds is 5. The highest BCUT2D eigenvalue weighted by molar-refractivity contribution is 5.92. The number of nitrogens with one attached hydrogen (secondary N) is 1. The zero-order valence-electron chi connectivity index (χ0n) is 15.8. The standard InChI is InChI=1S/C20H28N2O4/c1-14(2)21-18(23)13-22(3)19(24)20(8-4-5-9-20)15-6-7-16-17(12-15)26-11-10-25-16/h6-7,12,14H,4-5,8-11,13H2,1-3H3,(H,21,23). The molecular weight excluding hydrogens is 332 g/mol. The Morgan fingerprint density at radius 2 is 1.81 bits per heavy atom. The van der Waals surface area contributed by atoms with Crippen LogP contribution in [0.1, 0.15) is 45.1 Å². The van der Waals surface area contributed by atoms with Gasteiger partial charge < -0.3 is 19.7 Å². The van der Waals surface area contributed by atoms with Gasteiger partial charge in [-0.15, -0.1) is 0 Å². The summed E-state index contributed by atoms with van der Waals surface area (Å²) in [6.07, 6.45) is 3.60. The number of carbonyl (C=O) groups excluding carboxylic acids is 2. The van der Waals surface area contributed by atoms with Gasteiger partial charge in [0, 0.05) is 13.1 Å². The summed E-state index contributed by atoms with van der Waals surface area (Å²) in [6.45, 7) is 4.96. The SMILES string of the molecule is CC(C)NC(=O)CN(C)C(=O)C1(c2ccc3c(c2)OCCO3)CCCC1. The lowest BCUT2D eigenvalue weighted by Gasteiger charge is -2.33. The van der Waals surface area contributed by atoms with Crippen LogP contribution in [-0.4, -0.2) is 49.6 Å². The topological polar surface area (TPSA) is 67.9 Å². The van der Waals surface area contributed by atoms with Crippen molar-refractivity contribution in [2.45, 2.75) is 51.0 Å². The normalized spacial score (nSPS) is 17.8. The van der Waals surface area contributed by atoms with Crippen molar-refractivity contribution >= 4 is 11.8 Å². The quantitative estimate of drug-likeness (QED) is 0.875. The molecule has 6 heteroatoms. The van der Waals surface area contributed by atoms with Gasteiger partial charge in [0.1, 0.15) is 13.2 Å². The van der Waals surface area contributed by atoms with E-state index in [0.29, 0.717) is 19.0 Å². The summed E-state index contributed by atoms with van der Waals surface area (Å²) < 4.78 is 11.3.